The van der Waals surface area contributed by atoms with Crippen LogP contribution in [0.1, 0.15) is 17.4 Å². The van der Waals surface area contributed by atoms with E-state index in [1.165, 1.54) is 11.3 Å². The number of aromatic nitrogens is 2. The summed E-state index contributed by atoms with van der Waals surface area (Å²) in [6, 6.07) is 0. The minimum atomic E-state index is -0.711. The Hall–Kier alpha value is -2.65. The van der Waals surface area contributed by atoms with Crippen molar-refractivity contribution in [2.45, 2.75) is 6.92 Å². The third kappa shape index (κ3) is 7.31. The normalized spacial score (nSPS) is 9.63. The van der Waals surface area contributed by atoms with E-state index >= 15 is 0 Å². The molecule has 0 aliphatic heterocycles. The highest BCUT2D eigenvalue weighted by Gasteiger charge is 2.09. The summed E-state index contributed by atoms with van der Waals surface area (Å²) >= 11 is 0. The Morgan fingerprint density at radius 2 is 2.11 bits per heavy atom. The summed E-state index contributed by atoms with van der Waals surface area (Å²) in [7, 11) is 3.42. The summed E-state index contributed by atoms with van der Waals surface area (Å²) in [5.74, 6) is -0.411. The summed E-state index contributed by atoms with van der Waals surface area (Å²) in [6.45, 7) is 2.06. The van der Waals surface area contributed by atoms with E-state index in [9.17, 15) is 9.59 Å². The van der Waals surface area contributed by atoms with Gasteiger partial charge in [0.05, 0.1) is 12.9 Å². The molecule has 10 heteroatoms. The minimum Gasteiger partial charge on any atom is -0.450 e. The first-order chi connectivity index (χ1) is 8.88. The first kappa shape index (κ1) is 16.4. The molecule has 10 nitrogen and oxygen atoms in total. The van der Waals surface area contributed by atoms with Crippen LogP contribution in [0.2, 0.25) is 0 Å². The quantitative estimate of drug-likeness (QED) is 0.526. The molecule has 0 saturated heterocycles. The lowest BCUT2D eigenvalue weighted by atomic mass is 10.4. The number of rotatable bonds is 4. The Kier molecular flexibility index (Phi) is 7.26. The Morgan fingerprint density at radius 3 is 2.47 bits per heavy atom. The molecule has 5 N–H and O–H groups in total. The number of ether oxygens (including phenoxy) is 1. The Bertz CT molecular complexity index is 441. The van der Waals surface area contributed by atoms with E-state index in [4.69, 9.17) is 5.73 Å². The lowest BCUT2D eigenvalue weighted by molar-refractivity contribution is 0.0996. The zero-order valence-electron chi connectivity index (χ0n) is 11.0. The number of imidazole rings is 1. The van der Waals surface area contributed by atoms with Crippen molar-refractivity contribution in [2.24, 2.45) is 21.8 Å². The first-order valence-corrected chi connectivity index (χ1v) is 5.22. The Morgan fingerprint density at radius 1 is 1.47 bits per heavy atom. The van der Waals surface area contributed by atoms with Gasteiger partial charge in [0, 0.05) is 14.1 Å². The Labute approximate surface area is 109 Å². The number of nitrogens with one attached hydrogen (secondary N) is 1. The second-order valence-corrected chi connectivity index (χ2v) is 3.25. The summed E-state index contributed by atoms with van der Waals surface area (Å²) in [6.07, 6.45) is 0.627. The molecule has 1 aromatic heterocycles. The van der Waals surface area contributed by atoms with Crippen molar-refractivity contribution in [3.63, 3.8) is 0 Å². The molecule has 1 rings (SSSR count). The second-order valence-electron chi connectivity index (χ2n) is 3.25. The predicted octanol–water partition coefficient (Wildman–Crippen LogP) is 0.171. The number of amides is 2. The molecule has 0 radical (unpaired) electrons. The Balaban J connectivity index is 0.000000459. The van der Waals surface area contributed by atoms with Crippen LogP contribution in [0.25, 0.3) is 0 Å². The fourth-order valence-electron chi connectivity index (χ4n) is 0.818. The van der Waals surface area contributed by atoms with Crippen molar-refractivity contribution in [1.29, 1.82) is 0 Å². The van der Waals surface area contributed by atoms with Gasteiger partial charge in [-0.1, -0.05) is 5.22 Å². The van der Waals surface area contributed by atoms with Crippen LogP contribution in [0.3, 0.4) is 0 Å². The van der Waals surface area contributed by atoms with Gasteiger partial charge >= 0.3 is 6.09 Å². The number of H-pyrrole nitrogens is 1. The van der Waals surface area contributed by atoms with E-state index in [1.54, 1.807) is 21.0 Å². The van der Waals surface area contributed by atoms with Gasteiger partial charge in [-0.15, -0.1) is 5.11 Å². The van der Waals surface area contributed by atoms with Gasteiger partial charge in [0.2, 0.25) is 5.82 Å². The number of aromatic amines is 1. The molecule has 0 fully saturated rings. The van der Waals surface area contributed by atoms with Gasteiger partial charge in [-0.2, -0.15) is 0 Å². The predicted molar refractivity (Wildman–Crippen MR) is 66.5 cm³/mol. The van der Waals surface area contributed by atoms with Crippen LogP contribution in [0, 0.1) is 0 Å². The highest BCUT2D eigenvalue weighted by atomic mass is 16.5. The molecule has 1 heterocycles. The maximum absolute atomic E-state index is 10.8. The maximum atomic E-state index is 10.8. The number of carbonyl (C=O) groups is 2. The van der Waals surface area contributed by atoms with Crippen LogP contribution in [-0.2, 0) is 4.74 Å². The number of hydrogen-bond donors (Lipinski definition) is 3. The van der Waals surface area contributed by atoms with E-state index in [0.29, 0.717) is 6.61 Å². The van der Waals surface area contributed by atoms with Crippen LogP contribution < -0.4 is 11.5 Å². The molecule has 0 bridgehead atoms. The molecule has 0 aliphatic carbocycles. The largest absolute Gasteiger partial charge is 0.450 e. The van der Waals surface area contributed by atoms with Crippen molar-refractivity contribution >= 4 is 17.8 Å². The van der Waals surface area contributed by atoms with Crippen molar-refractivity contribution < 1.29 is 14.3 Å². The topological polar surface area (TPSA) is 152 Å². The fraction of sp³-hybridized carbons (Fsp3) is 0.444. The maximum Gasteiger partial charge on any atom is 0.404 e. The first-order valence-electron chi connectivity index (χ1n) is 5.22. The van der Waals surface area contributed by atoms with Crippen LogP contribution >= 0.6 is 0 Å². The molecule has 1 aromatic rings. The highest BCUT2D eigenvalue weighted by Crippen LogP contribution is 2.12. The van der Waals surface area contributed by atoms with Gasteiger partial charge in [0.1, 0.15) is 0 Å². The smallest absolute Gasteiger partial charge is 0.404 e. The van der Waals surface area contributed by atoms with E-state index in [2.05, 4.69) is 30.8 Å². The number of primary amides is 2. The van der Waals surface area contributed by atoms with Gasteiger partial charge in [0.25, 0.3) is 5.91 Å². The van der Waals surface area contributed by atoms with Crippen LogP contribution in [0.5, 0.6) is 0 Å². The van der Waals surface area contributed by atoms with Crippen LogP contribution in [0.15, 0.2) is 16.7 Å². The van der Waals surface area contributed by atoms with Gasteiger partial charge in [-0.3, -0.25) is 9.80 Å². The molecule has 0 aliphatic rings. The monoisotopic (exact) mass is 271 g/mol. The molecular formula is C9H17N7O3. The van der Waals surface area contributed by atoms with E-state index < -0.39 is 12.0 Å². The average Bonchev–Trinajstić information content (AvgIpc) is 2.75. The summed E-state index contributed by atoms with van der Waals surface area (Å²) in [4.78, 5) is 26.7. The van der Waals surface area contributed by atoms with E-state index in [-0.39, 0.29) is 11.5 Å². The zero-order chi connectivity index (χ0) is 14.8. The molecule has 0 saturated carbocycles. The van der Waals surface area contributed by atoms with Crippen LogP contribution in [-0.4, -0.2) is 47.7 Å². The highest BCUT2D eigenvalue weighted by molar-refractivity contribution is 5.94. The van der Waals surface area contributed by atoms with Gasteiger partial charge in [-0.25, -0.2) is 9.78 Å². The SMILES string of the molecule is CCOC(N)=O.CN(C)N=Nc1nc[nH]c1C(N)=O. The molecule has 0 atom stereocenters. The van der Waals surface area contributed by atoms with Gasteiger partial charge in [0.15, 0.2) is 5.69 Å². The van der Waals surface area contributed by atoms with Crippen molar-refractivity contribution in [3.05, 3.63) is 12.0 Å². The minimum absolute atomic E-state index is 0.158. The number of hydrogen-bond acceptors (Lipinski definition) is 6. The number of nitrogens with two attached hydrogens (primary N) is 2. The summed E-state index contributed by atoms with van der Waals surface area (Å²) in [5, 5.41) is 8.86. The zero-order valence-corrected chi connectivity index (χ0v) is 11.0. The van der Waals surface area contributed by atoms with E-state index in [1.807, 2.05) is 0 Å². The lowest BCUT2D eigenvalue weighted by Gasteiger charge is -1.98. The summed E-state index contributed by atoms with van der Waals surface area (Å²) in [5.41, 5.74) is 9.74. The summed E-state index contributed by atoms with van der Waals surface area (Å²) < 4.78 is 4.18. The lowest BCUT2D eigenvalue weighted by Crippen LogP contribution is -2.11. The standard InChI is InChI=1S/C6H10N6O.C3H7NO2/c1-12(2)11-10-6-4(5(7)13)8-3-9-6;1-2-6-3(4)5/h3H,1-2H3,(H2,7,13)(H,8,9);2H2,1H3,(H2,4,5). The molecule has 19 heavy (non-hydrogen) atoms. The third-order valence-electron chi connectivity index (χ3n) is 1.47. The number of nitrogens with zero attached hydrogens (tertiary/aromatic N) is 4. The molecule has 0 spiro atoms. The van der Waals surface area contributed by atoms with Gasteiger partial charge < -0.3 is 21.2 Å². The van der Waals surface area contributed by atoms with Crippen molar-refractivity contribution in [3.8, 4) is 0 Å². The molecule has 0 aromatic carbocycles. The molecule has 106 valence electrons. The molecular weight excluding hydrogens is 254 g/mol. The third-order valence-corrected chi connectivity index (χ3v) is 1.47. The fourth-order valence-corrected chi connectivity index (χ4v) is 0.818. The van der Waals surface area contributed by atoms with Crippen LogP contribution in [0.4, 0.5) is 10.6 Å². The number of carbonyl (C=O) groups excluding carboxylic acids is 2. The molecule has 2 amide bonds. The molecule has 0 unspecified atom stereocenters. The van der Waals surface area contributed by atoms with Crippen molar-refractivity contribution in [1.82, 2.24) is 15.0 Å². The van der Waals surface area contributed by atoms with Crippen molar-refractivity contribution in [2.75, 3.05) is 20.7 Å². The van der Waals surface area contributed by atoms with Gasteiger partial charge in [-0.05, 0) is 6.92 Å². The second kappa shape index (κ2) is 8.44. The average molecular weight is 271 g/mol. The van der Waals surface area contributed by atoms with E-state index in [0.717, 1.165) is 0 Å².